The number of rotatable bonds is 6. The van der Waals surface area contributed by atoms with Crippen molar-refractivity contribution in [2.75, 3.05) is 36.4 Å². The second-order valence-electron chi connectivity index (χ2n) is 7.12. The average Bonchev–Trinajstić information content (AvgIpc) is 2.70. The van der Waals surface area contributed by atoms with Gasteiger partial charge in [-0.1, -0.05) is 13.0 Å². The van der Waals surface area contributed by atoms with Crippen molar-refractivity contribution < 1.29 is 14.0 Å². The number of halogens is 1. The van der Waals surface area contributed by atoms with Gasteiger partial charge in [-0.2, -0.15) is 0 Å². The summed E-state index contributed by atoms with van der Waals surface area (Å²) in [6.07, 6.45) is 2.35. The Morgan fingerprint density at radius 2 is 1.79 bits per heavy atom. The van der Waals surface area contributed by atoms with Crippen molar-refractivity contribution in [2.24, 2.45) is 5.92 Å². The van der Waals surface area contributed by atoms with Crippen LogP contribution in [0.2, 0.25) is 0 Å². The lowest BCUT2D eigenvalue weighted by Gasteiger charge is -2.35. The summed E-state index contributed by atoms with van der Waals surface area (Å²) in [5.41, 5.74) is 0.551. The molecular weight excluding hydrogens is 359 g/mol. The predicted octanol–water partition coefficient (Wildman–Crippen LogP) is 2.92. The third kappa shape index (κ3) is 5.52. The molecule has 0 radical (unpaired) electrons. The van der Waals surface area contributed by atoms with Crippen LogP contribution in [0.4, 0.5) is 15.9 Å². The highest BCUT2D eigenvalue weighted by Gasteiger charge is 2.23. The van der Waals surface area contributed by atoms with Crippen LogP contribution < -0.4 is 10.2 Å². The second-order valence-corrected chi connectivity index (χ2v) is 7.12. The fourth-order valence-corrected chi connectivity index (χ4v) is 3.29. The molecule has 1 N–H and O–H groups in total. The van der Waals surface area contributed by atoms with Gasteiger partial charge in [0.25, 0.3) is 0 Å². The van der Waals surface area contributed by atoms with Gasteiger partial charge in [-0.25, -0.2) is 9.37 Å². The van der Waals surface area contributed by atoms with Crippen molar-refractivity contribution in [2.45, 2.75) is 19.8 Å². The predicted molar refractivity (Wildman–Crippen MR) is 106 cm³/mol. The molecule has 0 bridgehead atoms. The molecule has 1 aromatic heterocycles. The summed E-state index contributed by atoms with van der Waals surface area (Å²) in [5.74, 6) is 0.414. The zero-order chi connectivity index (χ0) is 19.9. The minimum absolute atomic E-state index is 0.0678. The zero-order valence-electron chi connectivity index (χ0n) is 16.0. The van der Waals surface area contributed by atoms with Gasteiger partial charge < -0.3 is 15.1 Å². The van der Waals surface area contributed by atoms with Gasteiger partial charge in [0.05, 0.1) is 0 Å². The highest BCUT2D eigenvalue weighted by atomic mass is 19.1. The summed E-state index contributed by atoms with van der Waals surface area (Å²) in [5, 5.41) is 2.73. The molecule has 0 aliphatic carbocycles. The molecule has 1 fully saturated rings. The third-order valence-electron chi connectivity index (χ3n) is 4.79. The van der Waals surface area contributed by atoms with Crippen LogP contribution >= 0.6 is 0 Å². The summed E-state index contributed by atoms with van der Waals surface area (Å²) in [6.45, 7) is 4.71. The fraction of sp³-hybridized carbons (Fsp3) is 0.381. The van der Waals surface area contributed by atoms with Gasteiger partial charge >= 0.3 is 0 Å². The Bertz CT molecular complexity index is 790. The molecule has 1 aliphatic heterocycles. The van der Waals surface area contributed by atoms with Crippen LogP contribution in [0.25, 0.3) is 0 Å². The molecule has 2 aromatic rings. The van der Waals surface area contributed by atoms with Gasteiger partial charge in [0.2, 0.25) is 11.8 Å². The molecule has 0 saturated carbocycles. The lowest BCUT2D eigenvalue weighted by Crippen LogP contribution is -2.49. The van der Waals surface area contributed by atoms with Crippen molar-refractivity contribution in [1.29, 1.82) is 0 Å². The van der Waals surface area contributed by atoms with Gasteiger partial charge in [0.15, 0.2) is 0 Å². The van der Waals surface area contributed by atoms with Crippen LogP contribution in [0.15, 0.2) is 48.7 Å². The van der Waals surface area contributed by atoms with Crippen LogP contribution in [0.5, 0.6) is 0 Å². The SMILES string of the molecule is CC(CC(=O)Nc1ccc(F)cc1)CC(=O)N1CCN(c2ccccn2)CC1. The van der Waals surface area contributed by atoms with E-state index < -0.39 is 0 Å². The molecule has 0 spiro atoms. The molecule has 6 nitrogen and oxygen atoms in total. The van der Waals surface area contributed by atoms with E-state index in [0.717, 1.165) is 18.9 Å². The lowest BCUT2D eigenvalue weighted by molar-refractivity contribution is -0.132. The van der Waals surface area contributed by atoms with Crippen molar-refractivity contribution in [3.8, 4) is 0 Å². The number of pyridine rings is 1. The number of nitrogens with one attached hydrogen (secondary N) is 1. The highest BCUT2D eigenvalue weighted by Crippen LogP contribution is 2.16. The normalized spacial score (nSPS) is 15.2. The first-order chi connectivity index (χ1) is 13.5. The Morgan fingerprint density at radius 1 is 1.07 bits per heavy atom. The van der Waals surface area contributed by atoms with E-state index in [0.29, 0.717) is 25.2 Å². The Balaban J connectivity index is 1.41. The average molecular weight is 384 g/mol. The molecule has 3 rings (SSSR count). The van der Waals surface area contributed by atoms with E-state index in [4.69, 9.17) is 0 Å². The molecule has 1 unspecified atom stereocenters. The standard InChI is InChI=1S/C21H25FN4O2/c1-16(14-20(27)24-18-7-5-17(22)6-8-18)15-21(28)26-12-10-25(11-13-26)19-4-2-3-9-23-19/h2-9,16H,10-15H2,1H3,(H,24,27). The zero-order valence-corrected chi connectivity index (χ0v) is 16.0. The van der Waals surface area contributed by atoms with E-state index in [1.165, 1.54) is 24.3 Å². The summed E-state index contributed by atoms with van der Waals surface area (Å²) >= 11 is 0. The van der Waals surface area contributed by atoms with Crippen LogP contribution in [-0.2, 0) is 9.59 Å². The second kappa shape index (κ2) is 9.30. The van der Waals surface area contributed by atoms with Crippen molar-refractivity contribution in [3.05, 3.63) is 54.5 Å². The van der Waals surface area contributed by atoms with Crippen LogP contribution in [-0.4, -0.2) is 47.9 Å². The third-order valence-corrected chi connectivity index (χ3v) is 4.79. The first kappa shape index (κ1) is 19.8. The summed E-state index contributed by atoms with van der Waals surface area (Å²) in [6, 6.07) is 11.4. The van der Waals surface area contributed by atoms with Gasteiger partial charge in [-0.3, -0.25) is 9.59 Å². The number of benzene rings is 1. The number of aromatic nitrogens is 1. The maximum atomic E-state index is 12.9. The quantitative estimate of drug-likeness (QED) is 0.832. The maximum absolute atomic E-state index is 12.9. The number of anilines is 2. The van der Waals surface area contributed by atoms with Crippen LogP contribution in [0, 0.1) is 11.7 Å². The lowest BCUT2D eigenvalue weighted by atomic mass is 10.0. The molecule has 7 heteroatoms. The molecule has 148 valence electrons. The topological polar surface area (TPSA) is 65.5 Å². The first-order valence-corrected chi connectivity index (χ1v) is 9.50. The summed E-state index contributed by atoms with van der Waals surface area (Å²) in [7, 11) is 0. The smallest absolute Gasteiger partial charge is 0.224 e. The van der Waals surface area contributed by atoms with Gasteiger partial charge in [0, 0.05) is 50.9 Å². The number of nitrogens with zero attached hydrogens (tertiary/aromatic N) is 3. The molecule has 28 heavy (non-hydrogen) atoms. The summed E-state index contributed by atoms with van der Waals surface area (Å²) in [4.78, 5) is 33.0. The van der Waals surface area contributed by atoms with Crippen LogP contribution in [0.3, 0.4) is 0 Å². The van der Waals surface area contributed by atoms with Crippen molar-refractivity contribution >= 4 is 23.3 Å². The summed E-state index contributed by atoms with van der Waals surface area (Å²) < 4.78 is 12.9. The number of carbonyl (C=O) groups is 2. The first-order valence-electron chi connectivity index (χ1n) is 9.50. The molecule has 1 aliphatic rings. The minimum atomic E-state index is -0.347. The van der Waals surface area contributed by atoms with Crippen molar-refractivity contribution in [3.63, 3.8) is 0 Å². The largest absolute Gasteiger partial charge is 0.353 e. The number of hydrogen-bond acceptors (Lipinski definition) is 4. The van der Waals surface area contributed by atoms with E-state index in [2.05, 4.69) is 15.2 Å². The van der Waals surface area contributed by atoms with Gasteiger partial charge in [-0.05, 0) is 42.3 Å². The Kier molecular flexibility index (Phi) is 6.57. The number of amides is 2. The molecule has 1 aromatic carbocycles. The molecule has 1 saturated heterocycles. The monoisotopic (exact) mass is 384 g/mol. The Hall–Kier alpha value is -2.96. The molecular formula is C21H25FN4O2. The van der Waals surface area contributed by atoms with E-state index in [9.17, 15) is 14.0 Å². The Morgan fingerprint density at radius 3 is 2.43 bits per heavy atom. The van der Waals surface area contributed by atoms with Gasteiger partial charge in [-0.15, -0.1) is 0 Å². The number of carbonyl (C=O) groups excluding carboxylic acids is 2. The van der Waals surface area contributed by atoms with E-state index in [-0.39, 0.29) is 30.0 Å². The molecule has 2 heterocycles. The van der Waals surface area contributed by atoms with Gasteiger partial charge in [0.1, 0.15) is 11.6 Å². The minimum Gasteiger partial charge on any atom is -0.353 e. The van der Waals surface area contributed by atoms with E-state index in [1.807, 2.05) is 30.0 Å². The highest BCUT2D eigenvalue weighted by molar-refractivity contribution is 5.91. The Labute approximate surface area is 164 Å². The molecule has 1 atom stereocenters. The number of piperazine rings is 1. The van der Waals surface area contributed by atoms with E-state index in [1.54, 1.807) is 6.20 Å². The maximum Gasteiger partial charge on any atom is 0.224 e. The number of hydrogen-bond donors (Lipinski definition) is 1. The van der Waals surface area contributed by atoms with Crippen molar-refractivity contribution in [1.82, 2.24) is 9.88 Å². The molecule has 2 amide bonds. The van der Waals surface area contributed by atoms with E-state index >= 15 is 0 Å². The van der Waals surface area contributed by atoms with Crippen LogP contribution in [0.1, 0.15) is 19.8 Å². The fourth-order valence-electron chi connectivity index (χ4n) is 3.29.